The molecule has 0 radical (unpaired) electrons. The molecule has 1 N–H and O–H groups in total. The van der Waals surface area contributed by atoms with Crippen LogP contribution in [0.15, 0.2) is 46.2 Å². The van der Waals surface area contributed by atoms with Crippen LogP contribution in [0.3, 0.4) is 0 Å². The summed E-state index contributed by atoms with van der Waals surface area (Å²) < 4.78 is 5.33. The van der Waals surface area contributed by atoms with Crippen molar-refractivity contribution in [3.63, 3.8) is 0 Å². The number of nitrogens with zero attached hydrogens (tertiary/aromatic N) is 2. The Morgan fingerprint density at radius 1 is 1.30 bits per heavy atom. The summed E-state index contributed by atoms with van der Waals surface area (Å²) in [5, 5.41) is 4.01. The molecular formula is C21H29N3O2S. The standard InChI is InChI=1S/C21H29N3O2S/c1-17(7-9-19-6-5-14-26-19)23-21(25)18-8-10-20(22-16-18)27-15-13-24-11-3-2-4-12-24/h5-6,8,10,14,16-17H,2-4,7,9,11-13,15H2,1H3,(H,23,25)/t17-/m0/s1. The van der Waals surface area contributed by atoms with Crippen molar-refractivity contribution < 1.29 is 9.21 Å². The molecule has 0 saturated carbocycles. The van der Waals surface area contributed by atoms with E-state index in [2.05, 4.69) is 15.2 Å². The van der Waals surface area contributed by atoms with Crippen LogP contribution in [0.1, 0.15) is 48.7 Å². The van der Waals surface area contributed by atoms with Gasteiger partial charge in [-0.2, -0.15) is 0 Å². The maximum Gasteiger partial charge on any atom is 0.253 e. The molecule has 5 nitrogen and oxygen atoms in total. The average Bonchev–Trinajstić information content (AvgIpc) is 3.21. The van der Waals surface area contributed by atoms with E-state index >= 15 is 0 Å². The number of furan rings is 1. The molecule has 6 heteroatoms. The number of hydrogen-bond acceptors (Lipinski definition) is 5. The number of nitrogens with one attached hydrogen (secondary N) is 1. The fourth-order valence-corrected chi connectivity index (χ4v) is 4.11. The summed E-state index contributed by atoms with van der Waals surface area (Å²) in [7, 11) is 0. The molecule has 146 valence electrons. The third-order valence-electron chi connectivity index (χ3n) is 4.89. The molecule has 0 unspecified atom stereocenters. The number of pyridine rings is 1. The lowest BCUT2D eigenvalue weighted by atomic mass is 10.1. The molecule has 1 aliphatic heterocycles. The lowest BCUT2D eigenvalue weighted by Gasteiger charge is -2.25. The fraction of sp³-hybridized carbons (Fsp3) is 0.524. The monoisotopic (exact) mass is 387 g/mol. The molecule has 0 aliphatic carbocycles. The van der Waals surface area contributed by atoms with Gasteiger partial charge in [0.1, 0.15) is 5.76 Å². The van der Waals surface area contributed by atoms with Gasteiger partial charge in [0.05, 0.1) is 16.9 Å². The number of aromatic nitrogens is 1. The van der Waals surface area contributed by atoms with Gasteiger partial charge in [-0.1, -0.05) is 6.42 Å². The van der Waals surface area contributed by atoms with Gasteiger partial charge in [0, 0.05) is 31.0 Å². The highest BCUT2D eigenvalue weighted by atomic mass is 32.2. The largest absolute Gasteiger partial charge is 0.469 e. The molecular weight excluding hydrogens is 358 g/mol. The van der Waals surface area contributed by atoms with Crippen molar-refractivity contribution in [1.29, 1.82) is 0 Å². The second-order valence-electron chi connectivity index (χ2n) is 7.13. The number of piperidine rings is 1. The van der Waals surface area contributed by atoms with E-state index in [-0.39, 0.29) is 11.9 Å². The van der Waals surface area contributed by atoms with Gasteiger partial charge in [-0.15, -0.1) is 11.8 Å². The van der Waals surface area contributed by atoms with Crippen LogP contribution in [0, 0.1) is 0 Å². The molecule has 1 amide bonds. The predicted molar refractivity (Wildman–Crippen MR) is 109 cm³/mol. The summed E-state index contributed by atoms with van der Waals surface area (Å²) in [6, 6.07) is 7.74. The Bertz CT molecular complexity index is 682. The molecule has 27 heavy (non-hydrogen) atoms. The second kappa shape index (κ2) is 10.5. The van der Waals surface area contributed by atoms with Gasteiger partial charge >= 0.3 is 0 Å². The smallest absolute Gasteiger partial charge is 0.253 e. The zero-order valence-electron chi connectivity index (χ0n) is 16.0. The summed E-state index contributed by atoms with van der Waals surface area (Å²) in [6.07, 6.45) is 9.04. The molecule has 1 aliphatic rings. The topological polar surface area (TPSA) is 58.4 Å². The Balaban J connectivity index is 1.38. The Labute approximate surface area is 165 Å². The lowest BCUT2D eigenvalue weighted by Crippen LogP contribution is -2.33. The predicted octanol–water partition coefficient (Wildman–Crippen LogP) is 4.00. The zero-order valence-corrected chi connectivity index (χ0v) is 16.8. The third-order valence-corrected chi connectivity index (χ3v) is 5.81. The quantitative estimate of drug-likeness (QED) is 0.659. The van der Waals surface area contributed by atoms with E-state index in [1.165, 1.54) is 32.4 Å². The first kappa shape index (κ1) is 20.0. The van der Waals surface area contributed by atoms with Crippen LogP contribution in [0.5, 0.6) is 0 Å². The minimum Gasteiger partial charge on any atom is -0.469 e. The third kappa shape index (κ3) is 6.70. The van der Waals surface area contributed by atoms with Gasteiger partial charge in [0.2, 0.25) is 0 Å². The van der Waals surface area contributed by atoms with E-state index in [1.54, 1.807) is 24.2 Å². The molecule has 3 rings (SSSR count). The van der Waals surface area contributed by atoms with E-state index in [0.29, 0.717) is 5.56 Å². The van der Waals surface area contributed by atoms with E-state index < -0.39 is 0 Å². The molecule has 2 aromatic heterocycles. The average molecular weight is 388 g/mol. The number of thioether (sulfide) groups is 1. The first-order valence-electron chi connectivity index (χ1n) is 9.85. The van der Waals surface area contributed by atoms with E-state index in [4.69, 9.17) is 4.42 Å². The van der Waals surface area contributed by atoms with Crippen LogP contribution in [-0.2, 0) is 6.42 Å². The number of carbonyl (C=O) groups excluding carboxylic acids is 1. The molecule has 1 fully saturated rings. The molecule has 2 aromatic rings. The summed E-state index contributed by atoms with van der Waals surface area (Å²) in [5.41, 5.74) is 0.611. The van der Waals surface area contributed by atoms with Crippen LogP contribution >= 0.6 is 11.8 Å². The van der Waals surface area contributed by atoms with Crippen molar-refractivity contribution >= 4 is 17.7 Å². The number of hydrogen-bond donors (Lipinski definition) is 1. The van der Waals surface area contributed by atoms with Crippen molar-refractivity contribution in [2.75, 3.05) is 25.4 Å². The molecule has 0 bridgehead atoms. The Morgan fingerprint density at radius 2 is 2.15 bits per heavy atom. The van der Waals surface area contributed by atoms with Crippen molar-refractivity contribution in [3.05, 3.63) is 48.0 Å². The highest BCUT2D eigenvalue weighted by Gasteiger charge is 2.12. The second-order valence-corrected chi connectivity index (χ2v) is 8.24. The van der Waals surface area contributed by atoms with Crippen molar-refractivity contribution in [3.8, 4) is 0 Å². The van der Waals surface area contributed by atoms with E-state index in [1.807, 2.05) is 31.2 Å². The van der Waals surface area contributed by atoms with Crippen LogP contribution in [0.25, 0.3) is 0 Å². The maximum absolute atomic E-state index is 12.4. The summed E-state index contributed by atoms with van der Waals surface area (Å²) >= 11 is 1.76. The van der Waals surface area contributed by atoms with Crippen LogP contribution in [-0.4, -0.2) is 47.2 Å². The molecule has 0 aromatic carbocycles. The molecule has 3 heterocycles. The minimum atomic E-state index is -0.0701. The number of amides is 1. The highest BCUT2D eigenvalue weighted by molar-refractivity contribution is 7.99. The van der Waals surface area contributed by atoms with Crippen molar-refractivity contribution in [1.82, 2.24) is 15.2 Å². The van der Waals surface area contributed by atoms with E-state index in [9.17, 15) is 4.79 Å². The van der Waals surface area contributed by atoms with Gasteiger partial charge in [-0.25, -0.2) is 4.98 Å². The molecule has 1 atom stereocenters. The SMILES string of the molecule is C[C@@H](CCc1ccco1)NC(=O)c1ccc(SCCN2CCCCC2)nc1. The van der Waals surface area contributed by atoms with Gasteiger partial charge in [0.15, 0.2) is 0 Å². The van der Waals surface area contributed by atoms with Gasteiger partial charge in [-0.3, -0.25) is 4.79 Å². The van der Waals surface area contributed by atoms with Crippen molar-refractivity contribution in [2.24, 2.45) is 0 Å². The fourth-order valence-electron chi connectivity index (χ4n) is 3.26. The maximum atomic E-state index is 12.4. The van der Waals surface area contributed by atoms with Crippen LogP contribution in [0.4, 0.5) is 0 Å². The normalized spacial score (nSPS) is 16.2. The number of rotatable bonds is 9. The minimum absolute atomic E-state index is 0.0701. The van der Waals surface area contributed by atoms with Crippen LogP contribution < -0.4 is 5.32 Å². The summed E-state index contributed by atoms with van der Waals surface area (Å²) in [6.45, 7) is 5.58. The van der Waals surface area contributed by atoms with Crippen LogP contribution in [0.2, 0.25) is 0 Å². The Hall–Kier alpha value is -1.79. The molecule has 1 saturated heterocycles. The first-order chi connectivity index (χ1) is 13.2. The summed E-state index contributed by atoms with van der Waals surface area (Å²) in [5.74, 6) is 1.92. The zero-order chi connectivity index (χ0) is 18.9. The number of carbonyl (C=O) groups is 1. The van der Waals surface area contributed by atoms with Gasteiger partial charge < -0.3 is 14.6 Å². The van der Waals surface area contributed by atoms with E-state index in [0.717, 1.165) is 35.9 Å². The Kier molecular flexibility index (Phi) is 7.78. The number of likely N-dealkylation sites (tertiary alicyclic amines) is 1. The highest BCUT2D eigenvalue weighted by Crippen LogP contribution is 2.17. The van der Waals surface area contributed by atoms with Gasteiger partial charge in [-0.05, 0) is 63.5 Å². The van der Waals surface area contributed by atoms with Crippen molar-refractivity contribution in [2.45, 2.75) is 50.1 Å². The van der Waals surface area contributed by atoms with Gasteiger partial charge in [0.25, 0.3) is 5.91 Å². The first-order valence-corrected chi connectivity index (χ1v) is 10.8. The lowest BCUT2D eigenvalue weighted by molar-refractivity contribution is 0.0937. The number of aryl methyl sites for hydroxylation is 1. The Morgan fingerprint density at radius 3 is 2.85 bits per heavy atom. The molecule has 0 spiro atoms. The summed E-state index contributed by atoms with van der Waals surface area (Å²) in [4.78, 5) is 19.3.